The molecule has 164 valence electrons. The number of anilines is 1. The van der Waals surface area contributed by atoms with E-state index in [2.05, 4.69) is 15.8 Å². The standard InChI is InChI=1S/C19H20N4O7S/c1-29-13-8-10(7-12(16(13)24)23(27)28)9-20-22-19(26)21-17-15(18(25)30-2)11-5-3-4-6-14(11)31-17/h7-9,24H,3-6H2,1-2H3,(H2,21,22,26). The van der Waals surface area contributed by atoms with Gasteiger partial charge in [-0.1, -0.05) is 0 Å². The summed E-state index contributed by atoms with van der Waals surface area (Å²) in [5, 5.41) is 27.6. The fraction of sp³-hybridized carbons (Fsp3) is 0.316. The quantitative estimate of drug-likeness (QED) is 0.265. The number of phenolic OH excluding ortho intramolecular Hbond substituents is 1. The van der Waals surface area contributed by atoms with Gasteiger partial charge in [0.15, 0.2) is 5.75 Å². The number of hydrazone groups is 1. The number of carbonyl (C=O) groups excluding carboxylic acids is 2. The summed E-state index contributed by atoms with van der Waals surface area (Å²) in [5.74, 6) is -1.22. The molecule has 0 fully saturated rings. The fourth-order valence-corrected chi connectivity index (χ4v) is 4.52. The van der Waals surface area contributed by atoms with Crippen molar-refractivity contribution in [1.29, 1.82) is 0 Å². The molecule has 11 nitrogen and oxygen atoms in total. The highest BCUT2D eigenvalue weighted by atomic mass is 32.1. The predicted molar refractivity (Wildman–Crippen MR) is 113 cm³/mol. The summed E-state index contributed by atoms with van der Waals surface area (Å²) < 4.78 is 9.77. The van der Waals surface area contributed by atoms with Crippen LogP contribution in [-0.2, 0) is 17.6 Å². The highest BCUT2D eigenvalue weighted by Gasteiger charge is 2.27. The number of urea groups is 1. The number of ether oxygens (including phenoxy) is 2. The minimum Gasteiger partial charge on any atom is -0.500 e. The van der Waals surface area contributed by atoms with Gasteiger partial charge in [-0.15, -0.1) is 11.3 Å². The van der Waals surface area contributed by atoms with Gasteiger partial charge in [0.2, 0.25) is 5.75 Å². The van der Waals surface area contributed by atoms with E-state index in [1.54, 1.807) is 0 Å². The van der Waals surface area contributed by atoms with Gasteiger partial charge in [0.05, 0.1) is 30.9 Å². The van der Waals surface area contributed by atoms with Gasteiger partial charge in [-0.25, -0.2) is 15.0 Å². The number of nitro groups is 1. The van der Waals surface area contributed by atoms with Gasteiger partial charge in [0, 0.05) is 16.5 Å². The van der Waals surface area contributed by atoms with E-state index in [0.29, 0.717) is 10.6 Å². The molecule has 0 spiro atoms. The molecule has 3 N–H and O–H groups in total. The fourth-order valence-electron chi connectivity index (χ4n) is 3.25. The highest BCUT2D eigenvalue weighted by molar-refractivity contribution is 7.17. The molecule has 0 saturated heterocycles. The summed E-state index contributed by atoms with van der Waals surface area (Å²) in [6, 6.07) is 1.72. The molecule has 0 atom stereocenters. The van der Waals surface area contributed by atoms with Crippen LogP contribution in [0.4, 0.5) is 15.5 Å². The van der Waals surface area contributed by atoms with Gasteiger partial charge in [-0.05, 0) is 37.3 Å². The Balaban J connectivity index is 1.75. The highest BCUT2D eigenvalue weighted by Crippen LogP contribution is 2.38. The number of aromatic hydroxyl groups is 1. The first-order valence-electron chi connectivity index (χ1n) is 9.24. The molecule has 1 aliphatic carbocycles. The average molecular weight is 448 g/mol. The molecule has 0 aliphatic heterocycles. The molecule has 0 radical (unpaired) electrons. The number of benzene rings is 1. The number of aryl methyl sites for hydroxylation is 1. The zero-order valence-electron chi connectivity index (χ0n) is 16.8. The molecule has 12 heteroatoms. The lowest BCUT2D eigenvalue weighted by molar-refractivity contribution is -0.386. The first-order chi connectivity index (χ1) is 14.8. The lowest BCUT2D eigenvalue weighted by Gasteiger charge is -2.11. The number of rotatable bonds is 6. The van der Waals surface area contributed by atoms with Crippen molar-refractivity contribution in [3.63, 3.8) is 0 Å². The van der Waals surface area contributed by atoms with Crippen LogP contribution in [0.2, 0.25) is 0 Å². The maximum absolute atomic E-state index is 12.3. The van der Waals surface area contributed by atoms with Crippen molar-refractivity contribution in [2.45, 2.75) is 25.7 Å². The molecule has 1 heterocycles. The number of esters is 1. The van der Waals surface area contributed by atoms with Crippen molar-refractivity contribution in [1.82, 2.24) is 5.43 Å². The largest absolute Gasteiger partial charge is 0.500 e. The second-order valence-corrected chi connectivity index (χ2v) is 7.68. The van der Waals surface area contributed by atoms with Gasteiger partial charge in [0.25, 0.3) is 0 Å². The van der Waals surface area contributed by atoms with E-state index in [1.165, 1.54) is 31.6 Å². The SMILES string of the molecule is COC(=O)c1c(NC(=O)NN=Cc2cc(OC)c(O)c([N+](=O)[O-])c2)sc2c1CCCC2. The summed E-state index contributed by atoms with van der Waals surface area (Å²) in [6.07, 6.45) is 4.74. The molecule has 3 rings (SSSR count). The topological polar surface area (TPSA) is 152 Å². The Labute approximate surface area is 180 Å². The van der Waals surface area contributed by atoms with Crippen LogP contribution in [0.1, 0.15) is 39.2 Å². The van der Waals surface area contributed by atoms with E-state index in [9.17, 15) is 24.8 Å². The smallest absolute Gasteiger partial charge is 0.341 e. The van der Waals surface area contributed by atoms with Crippen LogP contribution in [0.25, 0.3) is 0 Å². The summed E-state index contributed by atoms with van der Waals surface area (Å²) in [6.45, 7) is 0. The van der Waals surface area contributed by atoms with Crippen LogP contribution in [0.5, 0.6) is 11.5 Å². The zero-order valence-corrected chi connectivity index (χ0v) is 17.6. The number of nitro benzene ring substituents is 1. The van der Waals surface area contributed by atoms with E-state index in [-0.39, 0.29) is 11.3 Å². The number of hydrogen-bond donors (Lipinski definition) is 3. The molecule has 0 unspecified atom stereocenters. The van der Waals surface area contributed by atoms with E-state index in [4.69, 9.17) is 9.47 Å². The van der Waals surface area contributed by atoms with E-state index in [0.717, 1.165) is 48.4 Å². The molecule has 1 aliphatic rings. The molecule has 31 heavy (non-hydrogen) atoms. The first kappa shape index (κ1) is 22.0. The van der Waals surface area contributed by atoms with Crippen LogP contribution < -0.4 is 15.5 Å². The number of fused-ring (bicyclic) bond motifs is 1. The summed E-state index contributed by atoms with van der Waals surface area (Å²) in [7, 11) is 2.54. The molecule has 0 saturated carbocycles. The molecule has 1 aromatic heterocycles. The maximum atomic E-state index is 12.3. The normalized spacial score (nSPS) is 12.8. The van der Waals surface area contributed by atoms with E-state index in [1.807, 2.05) is 0 Å². The van der Waals surface area contributed by atoms with Crippen LogP contribution in [0.3, 0.4) is 0 Å². The summed E-state index contributed by atoms with van der Waals surface area (Å²) in [5.41, 5.74) is 3.18. The van der Waals surface area contributed by atoms with E-state index < -0.39 is 28.4 Å². The Morgan fingerprint density at radius 2 is 2.03 bits per heavy atom. The number of hydrogen-bond acceptors (Lipinski definition) is 9. The lowest BCUT2D eigenvalue weighted by atomic mass is 9.95. The number of methoxy groups -OCH3 is 2. The van der Waals surface area contributed by atoms with Crippen molar-refractivity contribution in [3.05, 3.63) is 43.8 Å². The number of phenols is 1. The molecular weight excluding hydrogens is 428 g/mol. The van der Waals surface area contributed by atoms with E-state index >= 15 is 0 Å². The molecule has 2 amide bonds. The first-order valence-corrected chi connectivity index (χ1v) is 10.1. The Bertz CT molecular complexity index is 1060. The monoisotopic (exact) mass is 448 g/mol. The average Bonchev–Trinajstić information content (AvgIpc) is 3.11. The van der Waals surface area contributed by atoms with Crippen LogP contribution >= 0.6 is 11.3 Å². The van der Waals surface area contributed by atoms with Gasteiger partial charge in [0.1, 0.15) is 5.00 Å². The zero-order chi connectivity index (χ0) is 22.5. The third-order valence-corrected chi connectivity index (χ3v) is 5.87. The van der Waals surface area contributed by atoms with Crippen molar-refractivity contribution in [3.8, 4) is 11.5 Å². The number of thiophene rings is 1. The van der Waals surface area contributed by atoms with Crippen molar-refractivity contribution < 1.29 is 29.1 Å². The van der Waals surface area contributed by atoms with Gasteiger partial charge < -0.3 is 14.6 Å². The Hall–Kier alpha value is -3.67. The van der Waals surface area contributed by atoms with Crippen LogP contribution in [-0.4, -0.2) is 42.5 Å². The second kappa shape index (κ2) is 9.43. The molecule has 0 bridgehead atoms. The molecule has 2 aromatic rings. The maximum Gasteiger partial charge on any atom is 0.341 e. The molecule has 1 aromatic carbocycles. The van der Waals surface area contributed by atoms with Gasteiger partial charge in [-0.3, -0.25) is 15.4 Å². The van der Waals surface area contributed by atoms with Gasteiger partial charge in [-0.2, -0.15) is 5.10 Å². The Kier molecular flexibility index (Phi) is 6.70. The number of amides is 2. The Morgan fingerprint density at radius 3 is 2.71 bits per heavy atom. The van der Waals surface area contributed by atoms with Crippen molar-refractivity contribution >= 4 is 40.2 Å². The number of nitrogens with one attached hydrogen (secondary N) is 2. The Morgan fingerprint density at radius 1 is 1.29 bits per heavy atom. The predicted octanol–water partition coefficient (Wildman–Crippen LogP) is 3.19. The number of carbonyl (C=O) groups is 2. The van der Waals surface area contributed by atoms with Crippen LogP contribution in [0.15, 0.2) is 17.2 Å². The minimum absolute atomic E-state index is 0.105. The third-order valence-electron chi connectivity index (χ3n) is 4.66. The summed E-state index contributed by atoms with van der Waals surface area (Å²) in [4.78, 5) is 35.8. The minimum atomic E-state index is -0.762. The van der Waals surface area contributed by atoms with Crippen molar-refractivity contribution in [2.24, 2.45) is 5.10 Å². The molecular formula is C19H20N4O7S. The van der Waals surface area contributed by atoms with Crippen molar-refractivity contribution in [2.75, 3.05) is 19.5 Å². The third kappa shape index (κ3) is 4.74. The van der Waals surface area contributed by atoms with Crippen LogP contribution in [0, 0.1) is 10.1 Å². The number of nitrogens with zero attached hydrogens (tertiary/aromatic N) is 2. The second-order valence-electron chi connectivity index (χ2n) is 6.58. The summed E-state index contributed by atoms with van der Waals surface area (Å²) >= 11 is 1.33. The van der Waals surface area contributed by atoms with Gasteiger partial charge >= 0.3 is 17.7 Å². The lowest BCUT2D eigenvalue weighted by Crippen LogP contribution is -2.24.